The fourth-order valence-electron chi connectivity index (χ4n) is 4.10. The van der Waals surface area contributed by atoms with Crippen molar-refractivity contribution in [3.8, 4) is 0 Å². The molecule has 1 amide bonds. The predicted molar refractivity (Wildman–Crippen MR) is 101 cm³/mol. The summed E-state index contributed by atoms with van der Waals surface area (Å²) in [5.41, 5.74) is 3.47. The van der Waals surface area contributed by atoms with Crippen LogP contribution in [0.3, 0.4) is 0 Å². The van der Waals surface area contributed by atoms with E-state index in [1.165, 1.54) is 17.7 Å². The first-order valence-electron chi connectivity index (χ1n) is 8.51. The number of hydrogen-bond acceptors (Lipinski definition) is 3. The molecule has 2 aliphatic heterocycles. The molecule has 0 aliphatic carbocycles. The van der Waals surface area contributed by atoms with Gasteiger partial charge < -0.3 is 10.2 Å². The predicted octanol–water partition coefficient (Wildman–Crippen LogP) is 2.41. The molecule has 2 saturated heterocycles. The summed E-state index contributed by atoms with van der Waals surface area (Å²) in [6, 6.07) is 0.851. The van der Waals surface area contributed by atoms with Crippen LogP contribution in [0.5, 0.6) is 0 Å². The number of aromatic nitrogens is 2. The molecule has 2 bridgehead atoms. The van der Waals surface area contributed by atoms with Crippen LogP contribution in [-0.2, 0) is 18.3 Å². The standard InChI is InChI=1S/C17H28N4O.2ClH/c1-11(9-16-12(2)19-20(4)13(16)3)17(22)21-14-5-6-15(21)10-18-8-7-14;;/h11,14-15,18H,5-10H2,1-4H3;2*1H. The van der Waals surface area contributed by atoms with Crippen LogP contribution in [0.15, 0.2) is 0 Å². The minimum Gasteiger partial charge on any atom is -0.335 e. The number of halogens is 2. The number of carbonyl (C=O) groups excluding carboxylic acids is 1. The molecule has 2 aliphatic rings. The third-order valence-corrected chi connectivity index (χ3v) is 5.50. The maximum atomic E-state index is 13.0. The SMILES string of the molecule is Cc1nn(C)c(C)c1CC(C)C(=O)N1C2CCNCC1CC2.Cl.Cl. The minimum absolute atomic E-state index is 0. The highest BCUT2D eigenvalue weighted by Crippen LogP contribution is 2.30. The van der Waals surface area contributed by atoms with E-state index in [1.807, 2.05) is 18.7 Å². The number of amides is 1. The van der Waals surface area contributed by atoms with Crippen LogP contribution in [0.1, 0.15) is 43.1 Å². The van der Waals surface area contributed by atoms with Crippen molar-refractivity contribution in [3.63, 3.8) is 0 Å². The summed E-state index contributed by atoms with van der Waals surface area (Å²) < 4.78 is 1.92. The zero-order valence-electron chi connectivity index (χ0n) is 15.0. The van der Waals surface area contributed by atoms with Gasteiger partial charge in [-0.05, 0) is 51.6 Å². The first-order chi connectivity index (χ1) is 10.5. The molecule has 0 spiro atoms. The number of fused-ring (bicyclic) bond motifs is 2. The van der Waals surface area contributed by atoms with Crippen molar-refractivity contribution in [3.05, 3.63) is 17.0 Å². The molecule has 7 heteroatoms. The smallest absolute Gasteiger partial charge is 0.226 e. The number of aryl methyl sites for hydroxylation is 2. The lowest BCUT2D eigenvalue weighted by Gasteiger charge is -2.30. The zero-order valence-corrected chi connectivity index (χ0v) is 16.7. The van der Waals surface area contributed by atoms with Gasteiger partial charge in [-0.25, -0.2) is 0 Å². The molecule has 2 fully saturated rings. The fraction of sp³-hybridized carbons (Fsp3) is 0.765. The Morgan fingerprint density at radius 3 is 2.54 bits per heavy atom. The number of rotatable bonds is 3. The second kappa shape index (κ2) is 8.54. The van der Waals surface area contributed by atoms with Gasteiger partial charge in [-0.2, -0.15) is 5.10 Å². The van der Waals surface area contributed by atoms with Gasteiger partial charge >= 0.3 is 0 Å². The third-order valence-electron chi connectivity index (χ3n) is 5.50. The fourth-order valence-corrected chi connectivity index (χ4v) is 4.10. The number of nitrogens with one attached hydrogen (secondary N) is 1. The molecule has 0 aromatic carbocycles. The Bertz CT molecular complexity index is 561. The summed E-state index contributed by atoms with van der Waals surface area (Å²) in [6.45, 7) is 8.21. The summed E-state index contributed by atoms with van der Waals surface area (Å²) in [7, 11) is 1.97. The van der Waals surface area contributed by atoms with Crippen molar-refractivity contribution in [2.75, 3.05) is 13.1 Å². The van der Waals surface area contributed by atoms with Gasteiger partial charge in [0.05, 0.1) is 5.69 Å². The molecule has 1 aromatic heterocycles. The highest BCUT2D eigenvalue weighted by Gasteiger charge is 2.39. The van der Waals surface area contributed by atoms with E-state index in [0.717, 1.165) is 38.0 Å². The highest BCUT2D eigenvalue weighted by atomic mass is 35.5. The van der Waals surface area contributed by atoms with Crippen LogP contribution < -0.4 is 5.32 Å². The molecule has 1 aromatic rings. The summed E-state index contributed by atoms with van der Waals surface area (Å²) >= 11 is 0. The lowest BCUT2D eigenvalue weighted by Crippen LogP contribution is -2.45. The lowest BCUT2D eigenvalue weighted by molar-refractivity contribution is -0.137. The van der Waals surface area contributed by atoms with E-state index < -0.39 is 0 Å². The molecule has 5 nitrogen and oxygen atoms in total. The van der Waals surface area contributed by atoms with Crippen molar-refractivity contribution in [1.82, 2.24) is 20.0 Å². The van der Waals surface area contributed by atoms with Crippen molar-refractivity contribution in [2.45, 2.75) is 58.5 Å². The quantitative estimate of drug-likeness (QED) is 0.880. The van der Waals surface area contributed by atoms with Crippen molar-refractivity contribution < 1.29 is 4.79 Å². The van der Waals surface area contributed by atoms with E-state index >= 15 is 0 Å². The second-order valence-corrected chi connectivity index (χ2v) is 7.00. The maximum Gasteiger partial charge on any atom is 0.226 e. The van der Waals surface area contributed by atoms with E-state index in [0.29, 0.717) is 18.0 Å². The van der Waals surface area contributed by atoms with Crippen molar-refractivity contribution >= 4 is 30.7 Å². The van der Waals surface area contributed by atoms with Crippen LogP contribution in [0.2, 0.25) is 0 Å². The van der Waals surface area contributed by atoms with Gasteiger partial charge in [0, 0.05) is 37.3 Å². The van der Waals surface area contributed by atoms with E-state index in [9.17, 15) is 4.79 Å². The number of hydrogen-bond donors (Lipinski definition) is 1. The highest BCUT2D eigenvalue weighted by molar-refractivity contribution is 5.85. The zero-order chi connectivity index (χ0) is 15.9. The molecule has 0 radical (unpaired) electrons. The van der Waals surface area contributed by atoms with Gasteiger partial charge in [-0.15, -0.1) is 24.8 Å². The summed E-state index contributed by atoms with van der Waals surface area (Å²) in [5, 5.41) is 7.94. The van der Waals surface area contributed by atoms with Gasteiger partial charge in [-0.1, -0.05) is 6.92 Å². The monoisotopic (exact) mass is 376 g/mol. The van der Waals surface area contributed by atoms with Gasteiger partial charge in [0.2, 0.25) is 5.91 Å². The Kier molecular flexibility index (Phi) is 7.57. The second-order valence-electron chi connectivity index (χ2n) is 7.00. The van der Waals surface area contributed by atoms with Gasteiger partial charge in [0.1, 0.15) is 0 Å². The van der Waals surface area contributed by atoms with Gasteiger partial charge in [-0.3, -0.25) is 9.48 Å². The Morgan fingerprint density at radius 1 is 1.25 bits per heavy atom. The van der Waals surface area contributed by atoms with Gasteiger partial charge in [0.25, 0.3) is 0 Å². The normalized spacial score (nSPS) is 23.9. The molecule has 3 rings (SSSR count). The molecule has 24 heavy (non-hydrogen) atoms. The van der Waals surface area contributed by atoms with Crippen LogP contribution in [0.25, 0.3) is 0 Å². The Morgan fingerprint density at radius 2 is 1.92 bits per heavy atom. The average molecular weight is 377 g/mol. The third kappa shape index (κ3) is 3.89. The van der Waals surface area contributed by atoms with E-state index in [-0.39, 0.29) is 30.7 Å². The maximum absolute atomic E-state index is 13.0. The van der Waals surface area contributed by atoms with E-state index in [4.69, 9.17) is 0 Å². The molecule has 138 valence electrons. The van der Waals surface area contributed by atoms with Crippen LogP contribution >= 0.6 is 24.8 Å². The Balaban J connectivity index is 0.00000144. The molecular formula is C17H30Cl2N4O. The Hall–Kier alpha value is -0.780. The number of nitrogens with zero attached hydrogens (tertiary/aromatic N) is 3. The first-order valence-corrected chi connectivity index (χ1v) is 8.51. The molecule has 3 heterocycles. The van der Waals surface area contributed by atoms with Gasteiger partial charge in [0.15, 0.2) is 0 Å². The van der Waals surface area contributed by atoms with Crippen molar-refractivity contribution in [2.24, 2.45) is 13.0 Å². The van der Waals surface area contributed by atoms with E-state index in [2.05, 4.69) is 29.2 Å². The Labute approximate surface area is 157 Å². The molecule has 0 saturated carbocycles. The van der Waals surface area contributed by atoms with Crippen LogP contribution in [0, 0.1) is 19.8 Å². The molecular weight excluding hydrogens is 347 g/mol. The summed E-state index contributed by atoms with van der Waals surface area (Å²) in [6.07, 6.45) is 4.23. The largest absolute Gasteiger partial charge is 0.335 e. The lowest BCUT2D eigenvalue weighted by atomic mass is 9.97. The molecule has 1 N–H and O–H groups in total. The summed E-state index contributed by atoms with van der Waals surface area (Å²) in [4.78, 5) is 15.2. The average Bonchev–Trinajstić information content (AvgIpc) is 2.87. The van der Waals surface area contributed by atoms with E-state index in [1.54, 1.807) is 0 Å². The summed E-state index contributed by atoms with van der Waals surface area (Å²) in [5.74, 6) is 0.363. The topological polar surface area (TPSA) is 50.2 Å². The molecule has 3 atom stereocenters. The minimum atomic E-state index is 0. The first kappa shape index (κ1) is 21.3. The number of carbonyl (C=O) groups is 1. The van der Waals surface area contributed by atoms with Crippen molar-refractivity contribution in [1.29, 1.82) is 0 Å². The van der Waals surface area contributed by atoms with Crippen LogP contribution in [-0.4, -0.2) is 45.8 Å². The van der Waals surface area contributed by atoms with Crippen LogP contribution in [0.4, 0.5) is 0 Å². The molecule has 3 unspecified atom stereocenters.